The van der Waals surface area contributed by atoms with Crippen LogP contribution in [0.5, 0.6) is 0 Å². The van der Waals surface area contributed by atoms with Crippen LogP contribution in [0.3, 0.4) is 0 Å². The monoisotopic (exact) mass is 248 g/mol. The standard InChI is InChI=1S/C13H13FN2O2/c1-8-11(6-7-12(17)18)16-13(15-8)9-2-4-10(14)5-3-9/h2-5H,6-7H2,1H3,(H,15,16)(H,17,18). The summed E-state index contributed by atoms with van der Waals surface area (Å²) in [5, 5.41) is 8.64. The van der Waals surface area contributed by atoms with E-state index in [1.54, 1.807) is 12.1 Å². The van der Waals surface area contributed by atoms with Gasteiger partial charge in [-0.15, -0.1) is 0 Å². The molecule has 1 aromatic heterocycles. The molecule has 0 amide bonds. The molecule has 1 aromatic carbocycles. The fraction of sp³-hybridized carbons (Fsp3) is 0.231. The Bertz CT molecular complexity index is 561. The van der Waals surface area contributed by atoms with Crippen molar-refractivity contribution >= 4 is 5.97 Å². The van der Waals surface area contributed by atoms with Crippen LogP contribution in [0, 0.1) is 12.7 Å². The van der Waals surface area contributed by atoms with Crippen molar-refractivity contribution in [3.05, 3.63) is 41.5 Å². The Balaban J connectivity index is 2.22. The molecule has 18 heavy (non-hydrogen) atoms. The Hall–Kier alpha value is -2.17. The van der Waals surface area contributed by atoms with Crippen molar-refractivity contribution in [1.82, 2.24) is 9.97 Å². The highest BCUT2D eigenvalue weighted by atomic mass is 19.1. The second-order valence-electron chi connectivity index (χ2n) is 4.06. The van der Waals surface area contributed by atoms with Crippen molar-refractivity contribution in [2.24, 2.45) is 0 Å². The molecule has 0 unspecified atom stereocenters. The van der Waals surface area contributed by atoms with Crippen LogP contribution in [-0.2, 0) is 11.2 Å². The Kier molecular flexibility index (Phi) is 3.41. The van der Waals surface area contributed by atoms with Crippen molar-refractivity contribution in [1.29, 1.82) is 0 Å². The van der Waals surface area contributed by atoms with Crippen molar-refractivity contribution in [2.45, 2.75) is 19.8 Å². The largest absolute Gasteiger partial charge is 0.481 e. The maximum atomic E-state index is 12.8. The van der Waals surface area contributed by atoms with Crippen LogP contribution in [0.1, 0.15) is 17.8 Å². The molecule has 0 aliphatic carbocycles. The summed E-state index contributed by atoms with van der Waals surface area (Å²) in [6, 6.07) is 6.00. The van der Waals surface area contributed by atoms with Gasteiger partial charge >= 0.3 is 5.97 Å². The van der Waals surface area contributed by atoms with Gasteiger partial charge in [0.2, 0.25) is 0 Å². The molecule has 5 heteroatoms. The van der Waals surface area contributed by atoms with Gasteiger partial charge in [-0.3, -0.25) is 4.79 Å². The van der Waals surface area contributed by atoms with Gasteiger partial charge < -0.3 is 10.1 Å². The van der Waals surface area contributed by atoms with Crippen molar-refractivity contribution in [3.8, 4) is 11.4 Å². The third-order valence-electron chi connectivity index (χ3n) is 2.68. The molecule has 0 spiro atoms. The predicted octanol–water partition coefficient (Wildman–Crippen LogP) is 2.54. The molecule has 0 fully saturated rings. The van der Waals surface area contributed by atoms with E-state index >= 15 is 0 Å². The molecule has 0 aliphatic rings. The van der Waals surface area contributed by atoms with Gasteiger partial charge in [0, 0.05) is 17.7 Å². The van der Waals surface area contributed by atoms with Crippen LogP contribution in [-0.4, -0.2) is 21.0 Å². The van der Waals surface area contributed by atoms with Crippen molar-refractivity contribution in [2.75, 3.05) is 0 Å². The van der Waals surface area contributed by atoms with Gasteiger partial charge in [-0.2, -0.15) is 0 Å². The van der Waals surface area contributed by atoms with Crippen LogP contribution in [0.15, 0.2) is 24.3 Å². The summed E-state index contributed by atoms with van der Waals surface area (Å²) in [7, 11) is 0. The van der Waals surface area contributed by atoms with E-state index in [1.807, 2.05) is 6.92 Å². The minimum atomic E-state index is -0.847. The predicted molar refractivity (Wildman–Crippen MR) is 64.7 cm³/mol. The molecule has 0 saturated carbocycles. The molecule has 1 heterocycles. The number of nitrogens with one attached hydrogen (secondary N) is 1. The Morgan fingerprint density at radius 1 is 1.39 bits per heavy atom. The summed E-state index contributed by atoms with van der Waals surface area (Å²) in [5.74, 6) is -0.512. The number of imidazole rings is 1. The van der Waals surface area contributed by atoms with Crippen LogP contribution >= 0.6 is 0 Å². The Morgan fingerprint density at radius 3 is 2.67 bits per heavy atom. The lowest BCUT2D eigenvalue weighted by atomic mass is 10.2. The molecular weight excluding hydrogens is 235 g/mol. The van der Waals surface area contributed by atoms with Crippen LogP contribution in [0.2, 0.25) is 0 Å². The van der Waals surface area contributed by atoms with Gasteiger partial charge in [0.25, 0.3) is 0 Å². The van der Waals surface area contributed by atoms with Gasteiger partial charge in [-0.25, -0.2) is 9.37 Å². The number of aryl methyl sites for hydroxylation is 2. The van der Waals surface area contributed by atoms with E-state index in [9.17, 15) is 9.18 Å². The zero-order chi connectivity index (χ0) is 13.1. The summed E-state index contributed by atoms with van der Waals surface area (Å²) in [6.45, 7) is 1.84. The highest BCUT2D eigenvalue weighted by Crippen LogP contribution is 2.19. The quantitative estimate of drug-likeness (QED) is 0.873. The molecule has 4 nitrogen and oxygen atoms in total. The zero-order valence-corrected chi connectivity index (χ0v) is 9.90. The molecular formula is C13H13FN2O2. The van der Waals surface area contributed by atoms with E-state index < -0.39 is 5.97 Å². The number of benzene rings is 1. The molecule has 0 radical (unpaired) electrons. The number of aliphatic carboxylic acids is 1. The van der Waals surface area contributed by atoms with Gasteiger partial charge in [-0.1, -0.05) is 0 Å². The third kappa shape index (κ3) is 2.74. The first-order valence-corrected chi connectivity index (χ1v) is 5.59. The Morgan fingerprint density at radius 2 is 2.06 bits per heavy atom. The maximum Gasteiger partial charge on any atom is 0.303 e. The first-order chi connectivity index (χ1) is 8.56. The van der Waals surface area contributed by atoms with Gasteiger partial charge in [0.05, 0.1) is 12.1 Å². The number of carbonyl (C=O) groups is 1. The lowest BCUT2D eigenvalue weighted by Gasteiger charge is -1.95. The van der Waals surface area contributed by atoms with E-state index in [-0.39, 0.29) is 12.2 Å². The number of H-pyrrole nitrogens is 1. The zero-order valence-electron chi connectivity index (χ0n) is 9.90. The van der Waals surface area contributed by atoms with Crippen LogP contribution in [0.25, 0.3) is 11.4 Å². The summed E-state index contributed by atoms with van der Waals surface area (Å²) in [4.78, 5) is 17.9. The highest BCUT2D eigenvalue weighted by molar-refractivity contribution is 5.67. The van der Waals surface area contributed by atoms with Crippen molar-refractivity contribution < 1.29 is 14.3 Å². The summed E-state index contributed by atoms with van der Waals surface area (Å²) in [5.41, 5.74) is 2.35. The number of rotatable bonds is 4. The lowest BCUT2D eigenvalue weighted by molar-refractivity contribution is -0.136. The summed E-state index contributed by atoms with van der Waals surface area (Å²) in [6.07, 6.45) is 0.438. The number of carboxylic acids is 1. The number of hydrogen-bond acceptors (Lipinski definition) is 2. The fourth-order valence-corrected chi connectivity index (χ4v) is 1.71. The third-order valence-corrected chi connectivity index (χ3v) is 2.68. The number of halogens is 1. The molecule has 2 N–H and O–H groups in total. The normalized spacial score (nSPS) is 10.6. The fourth-order valence-electron chi connectivity index (χ4n) is 1.71. The number of carboxylic acid groups (broad SMARTS) is 1. The molecule has 0 bridgehead atoms. The molecule has 0 aliphatic heterocycles. The highest BCUT2D eigenvalue weighted by Gasteiger charge is 2.10. The average molecular weight is 248 g/mol. The lowest BCUT2D eigenvalue weighted by Crippen LogP contribution is -1.98. The molecule has 0 atom stereocenters. The minimum absolute atomic E-state index is 0.0501. The number of hydrogen-bond donors (Lipinski definition) is 2. The first kappa shape index (κ1) is 12.3. The summed E-state index contributed by atoms with van der Waals surface area (Å²) >= 11 is 0. The minimum Gasteiger partial charge on any atom is -0.481 e. The van der Waals surface area contributed by atoms with E-state index in [0.29, 0.717) is 12.2 Å². The average Bonchev–Trinajstić information content (AvgIpc) is 2.69. The van der Waals surface area contributed by atoms with E-state index in [2.05, 4.69) is 9.97 Å². The molecule has 2 rings (SSSR count). The SMILES string of the molecule is Cc1[nH]c(-c2ccc(F)cc2)nc1CCC(=O)O. The molecule has 94 valence electrons. The topological polar surface area (TPSA) is 66.0 Å². The van der Waals surface area contributed by atoms with Crippen LogP contribution in [0.4, 0.5) is 4.39 Å². The molecule has 0 saturated heterocycles. The maximum absolute atomic E-state index is 12.8. The van der Waals surface area contributed by atoms with Gasteiger partial charge in [0.15, 0.2) is 0 Å². The van der Waals surface area contributed by atoms with Gasteiger partial charge in [-0.05, 0) is 31.2 Å². The smallest absolute Gasteiger partial charge is 0.303 e. The van der Waals surface area contributed by atoms with E-state index in [4.69, 9.17) is 5.11 Å². The van der Waals surface area contributed by atoms with E-state index in [1.165, 1.54) is 12.1 Å². The van der Waals surface area contributed by atoms with Crippen LogP contribution < -0.4 is 0 Å². The Labute approximate surface area is 103 Å². The second-order valence-corrected chi connectivity index (χ2v) is 4.06. The van der Waals surface area contributed by atoms with Crippen molar-refractivity contribution in [3.63, 3.8) is 0 Å². The second kappa shape index (κ2) is 5.00. The number of aromatic amines is 1. The summed E-state index contributed by atoms with van der Waals surface area (Å²) < 4.78 is 12.8. The number of nitrogens with zero attached hydrogens (tertiary/aromatic N) is 1. The van der Waals surface area contributed by atoms with Gasteiger partial charge in [0.1, 0.15) is 11.6 Å². The first-order valence-electron chi connectivity index (χ1n) is 5.59. The number of aromatic nitrogens is 2. The molecule has 2 aromatic rings. The van der Waals surface area contributed by atoms with E-state index in [0.717, 1.165) is 17.0 Å².